The van der Waals surface area contributed by atoms with E-state index in [1.165, 1.54) is 25.3 Å². The molecule has 1 aromatic rings. The molecule has 0 radical (unpaired) electrons. The van der Waals surface area contributed by atoms with E-state index in [4.69, 9.17) is 9.47 Å². The van der Waals surface area contributed by atoms with Crippen molar-refractivity contribution in [2.45, 2.75) is 46.1 Å². The molecule has 6 nitrogen and oxygen atoms in total. The van der Waals surface area contributed by atoms with Crippen LogP contribution in [0.2, 0.25) is 0 Å². The molecule has 0 fully saturated rings. The van der Waals surface area contributed by atoms with Gasteiger partial charge in [0, 0.05) is 22.9 Å². The largest absolute Gasteiger partial charge is 0.468 e. The number of benzene rings is 1. The second kappa shape index (κ2) is 8.42. The molecule has 0 bridgehead atoms. The highest BCUT2D eigenvalue weighted by Crippen LogP contribution is 2.45. The normalized spacial score (nSPS) is 23.8. The van der Waals surface area contributed by atoms with Crippen LogP contribution in [-0.4, -0.2) is 30.9 Å². The van der Waals surface area contributed by atoms with Crippen LogP contribution in [0, 0.1) is 17.7 Å². The average molecular weight is 415 g/mol. The van der Waals surface area contributed by atoms with Gasteiger partial charge in [-0.25, -0.2) is 9.18 Å². The number of nitrogens with one attached hydrogen (secondary N) is 1. The number of allylic oxidation sites excluding steroid dienone is 3. The summed E-state index contributed by atoms with van der Waals surface area (Å²) in [7, 11) is 1.24. The second-order valence-corrected chi connectivity index (χ2v) is 8.04. The standard InChI is InChI=1S/C23H26FNO5/c1-11(2)30-23(28)18-13(4)25-16-9-12(3)17(22(27)29-5)21(26)20(16)19(18)14-7-6-8-15(24)10-14/h6-8,10-12,17,19,25H,9H2,1-5H3/t12-,17-,19-/m0/s1. The highest BCUT2D eigenvalue weighted by atomic mass is 19.1. The minimum Gasteiger partial charge on any atom is -0.468 e. The zero-order valence-corrected chi connectivity index (χ0v) is 17.7. The Hall–Kier alpha value is -2.96. The van der Waals surface area contributed by atoms with Crippen molar-refractivity contribution in [3.63, 3.8) is 0 Å². The molecule has 3 atom stereocenters. The lowest BCUT2D eigenvalue weighted by atomic mass is 9.69. The first-order chi connectivity index (χ1) is 14.1. The van der Waals surface area contributed by atoms with Crippen LogP contribution in [0.1, 0.15) is 45.6 Å². The molecule has 0 amide bonds. The number of methoxy groups -OCH3 is 1. The maximum atomic E-state index is 14.1. The molecule has 7 heteroatoms. The molecule has 0 aromatic heterocycles. The molecule has 0 unspecified atom stereocenters. The number of ether oxygens (including phenoxy) is 2. The number of hydrogen-bond donors (Lipinski definition) is 1. The molecule has 1 aliphatic heterocycles. The van der Waals surface area contributed by atoms with Crippen LogP contribution >= 0.6 is 0 Å². The van der Waals surface area contributed by atoms with Crippen LogP contribution in [0.25, 0.3) is 0 Å². The van der Waals surface area contributed by atoms with E-state index in [0.717, 1.165) is 0 Å². The molecular formula is C23H26FNO5. The fourth-order valence-electron chi connectivity index (χ4n) is 4.25. The van der Waals surface area contributed by atoms with E-state index in [-0.39, 0.29) is 23.2 Å². The third-order valence-electron chi connectivity index (χ3n) is 5.49. The van der Waals surface area contributed by atoms with Crippen LogP contribution in [0.5, 0.6) is 0 Å². The SMILES string of the molecule is COC(=O)[C@@H]1C(=O)C2=C(C[C@@H]1C)NC(C)=C(C(=O)OC(C)C)[C@@H]2c1cccc(F)c1. The molecule has 2 aliphatic rings. The lowest BCUT2D eigenvalue weighted by Crippen LogP contribution is -2.43. The summed E-state index contributed by atoms with van der Waals surface area (Å²) >= 11 is 0. The van der Waals surface area contributed by atoms with Crippen LogP contribution in [-0.2, 0) is 23.9 Å². The predicted octanol–water partition coefficient (Wildman–Crippen LogP) is 3.39. The van der Waals surface area contributed by atoms with Gasteiger partial charge in [-0.3, -0.25) is 9.59 Å². The molecule has 0 spiro atoms. The lowest BCUT2D eigenvalue weighted by Gasteiger charge is -2.38. The van der Waals surface area contributed by atoms with Crippen molar-refractivity contribution < 1.29 is 28.2 Å². The van der Waals surface area contributed by atoms with Crippen LogP contribution in [0.15, 0.2) is 46.8 Å². The molecule has 3 rings (SSSR count). The van der Waals surface area contributed by atoms with Gasteiger partial charge in [0.15, 0.2) is 5.78 Å². The Labute approximate surface area is 175 Å². The summed E-state index contributed by atoms with van der Waals surface area (Å²) in [5.74, 6) is -4.20. The highest BCUT2D eigenvalue weighted by Gasteiger charge is 2.47. The number of dihydropyridines is 1. The number of halogens is 1. The van der Waals surface area contributed by atoms with Gasteiger partial charge in [-0.2, -0.15) is 0 Å². The first-order valence-corrected chi connectivity index (χ1v) is 9.95. The van der Waals surface area contributed by atoms with Crippen LogP contribution in [0.3, 0.4) is 0 Å². The van der Waals surface area contributed by atoms with Crippen molar-refractivity contribution in [2.75, 3.05) is 7.11 Å². The Balaban J connectivity index is 2.19. The van der Waals surface area contributed by atoms with Crippen molar-refractivity contribution in [3.8, 4) is 0 Å². The maximum Gasteiger partial charge on any atom is 0.337 e. The molecule has 1 N–H and O–H groups in total. The zero-order chi connectivity index (χ0) is 22.2. The number of Topliss-reactive ketones (excluding diaryl/α,β-unsaturated/α-hetero) is 1. The van der Waals surface area contributed by atoms with E-state index < -0.39 is 35.4 Å². The fraction of sp³-hybridized carbons (Fsp3) is 0.435. The molecule has 1 heterocycles. The maximum absolute atomic E-state index is 14.1. The summed E-state index contributed by atoms with van der Waals surface area (Å²) in [6.07, 6.45) is 0.0579. The number of hydrogen-bond acceptors (Lipinski definition) is 6. The van der Waals surface area contributed by atoms with Crippen molar-refractivity contribution in [2.24, 2.45) is 11.8 Å². The second-order valence-electron chi connectivity index (χ2n) is 8.04. The van der Waals surface area contributed by atoms with Gasteiger partial charge in [0.05, 0.1) is 18.8 Å². The van der Waals surface area contributed by atoms with Gasteiger partial charge in [0.25, 0.3) is 0 Å². The van der Waals surface area contributed by atoms with Gasteiger partial charge >= 0.3 is 11.9 Å². The van der Waals surface area contributed by atoms with Gasteiger partial charge < -0.3 is 14.8 Å². The molecule has 0 saturated carbocycles. The minimum absolute atomic E-state index is 0.236. The Morgan fingerprint density at radius 1 is 1.27 bits per heavy atom. The van der Waals surface area contributed by atoms with Crippen LogP contribution < -0.4 is 5.32 Å². The number of carbonyl (C=O) groups excluding carboxylic acids is 3. The fourth-order valence-corrected chi connectivity index (χ4v) is 4.25. The summed E-state index contributed by atoms with van der Waals surface area (Å²) in [6, 6.07) is 5.79. The van der Waals surface area contributed by atoms with Gasteiger partial charge in [0.1, 0.15) is 11.7 Å². The summed E-state index contributed by atoms with van der Waals surface area (Å²) in [6.45, 7) is 7.00. The Bertz CT molecular complexity index is 962. The van der Waals surface area contributed by atoms with Gasteiger partial charge in [-0.15, -0.1) is 0 Å². The lowest BCUT2D eigenvalue weighted by molar-refractivity contribution is -0.151. The number of rotatable bonds is 4. The van der Waals surface area contributed by atoms with Gasteiger partial charge in [-0.1, -0.05) is 19.1 Å². The van der Waals surface area contributed by atoms with E-state index in [1.54, 1.807) is 26.8 Å². The van der Waals surface area contributed by atoms with Gasteiger partial charge in [-0.05, 0) is 50.8 Å². The van der Waals surface area contributed by atoms with Crippen molar-refractivity contribution >= 4 is 17.7 Å². The van der Waals surface area contributed by atoms with Crippen molar-refractivity contribution in [1.82, 2.24) is 5.32 Å². The summed E-state index contributed by atoms with van der Waals surface area (Å²) in [5, 5.41) is 3.17. The summed E-state index contributed by atoms with van der Waals surface area (Å²) < 4.78 is 24.3. The van der Waals surface area contributed by atoms with E-state index in [9.17, 15) is 18.8 Å². The Morgan fingerprint density at radius 2 is 1.97 bits per heavy atom. The number of esters is 2. The van der Waals surface area contributed by atoms with E-state index >= 15 is 0 Å². The molecule has 30 heavy (non-hydrogen) atoms. The van der Waals surface area contributed by atoms with E-state index in [2.05, 4.69) is 5.32 Å². The van der Waals surface area contributed by atoms with Crippen molar-refractivity contribution in [1.29, 1.82) is 0 Å². The van der Waals surface area contributed by atoms with Crippen molar-refractivity contribution in [3.05, 3.63) is 58.2 Å². The first-order valence-electron chi connectivity index (χ1n) is 9.95. The average Bonchev–Trinajstić information content (AvgIpc) is 2.65. The molecule has 1 aliphatic carbocycles. The van der Waals surface area contributed by atoms with E-state index in [0.29, 0.717) is 23.4 Å². The highest BCUT2D eigenvalue weighted by molar-refractivity contribution is 6.12. The first kappa shape index (κ1) is 21.7. The quantitative estimate of drug-likeness (QED) is 0.600. The number of carbonyl (C=O) groups is 3. The summed E-state index contributed by atoms with van der Waals surface area (Å²) in [5.41, 5.74) is 2.16. The Kier molecular flexibility index (Phi) is 6.10. The Morgan fingerprint density at radius 3 is 2.57 bits per heavy atom. The van der Waals surface area contributed by atoms with E-state index in [1.807, 2.05) is 6.92 Å². The van der Waals surface area contributed by atoms with Gasteiger partial charge in [0.2, 0.25) is 0 Å². The zero-order valence-electron chi connectivity index (χ0n) is 17.7. The molecule has 0 saturated heterocycles. The smallest absolute Gasteiger partial charge is 0.337 e. The molecular weight excluding hydrogens is 389 g/mol. The molecule has 160 valence electrons. The minimum atomic E-state index is -0.979. The third kappa shape index (κ3) is 3.88. The monoisotopic (exact) mass is 415 g/mol. The summed E-state index contributed by atoms with van der Waals surface area (Å²) in [4.78, 5) is 38.8. The third-order valence-corrected chi connectivity index (χ3v) is 5.49. The predicted molar refractivity (Wildman–Crippen MR) is 108 cm³/mol. The van der Waals surface area contributed by atoms with Crippen LogP contribution in [0.4, 0.5) is 4.39 Å². The molecule has 1 aromatic carbocycles. The number of ketones is 1. The topological polar surface area (TPSA) is 81.7 Å².